The largest absolute Gasteiger partial charge is 0.497 e. The molecule has 0 unspecified atom stereocenters. The SMILES string of the molecule is COc1ccc2c(c1)O[C@@H](C)CN(CCC(=O)NCCC1=CCCCC1)C2. The van der Waals surface area contributed by atoms with Gasteiger partial charge in [-0.1, -0.05) is 17.7 Å². The molecule has 0 saturated carbocycles. The number of ether oxygens (including phenoxy) is 2. The number of nitrogens with one attached hydrogen (secondary N) is 1. The smallest absolute Gasteiger partial charge is 0.221 e. The number of nitrogens with zero attached hydrogens (tertiary/aromatic N) is 1. The Balaban J connectivity index is 1.45. The predicted molar refractivity (Wildman–Crippen MR) is 107 cm³/mol. The second kappa shape index (κ2) is 9.79. The van der Waals surface area contributed by atoms with E-state index in [1.165, 1.54) is 31.3 Å². The predicted octanol–water partition coefficient (Wildman–Crippen LogP) is 3.67. The lowest BCUT2D eigenvalue weighted by Gasteiger charge is -2.21. The summed E-state index contributed by atoms with van der Waals surface area (Å²) in [7, 11) is 1.66. The molecule has 1 aliphatic heterocycles. The van der Waals surface area contributed by atoms with Crippen LogP contribution in [0.3, 0.4) is 0 Å². The van der Waals surface area contributed by atoms with Gasteiger partial charge in [0, 0.05) is 44.2 Å². The normalized spacial score (nSPS) is 20.1. The standard InChI is InChI=1S/C22H32N2O3/c1-17-15-24(16-19-8-9-20(26-2)14-21(19)27-17)13-11-22(25)23-12-10-18-6-4-3-5-7-18/h6,8-9,14,17H,3-5,7,10-13,15-16H2,1-2H3,(H,23,25)/t17-/m0/s1. The van der Waals surface area contributed by atoms with Crippen LogP contribution in [0.1, 0.15) is 51.0 Å². The van der Waals surface area contributed by atoms with E-state index >= 15 is 0 Å². The van der Waals surface area contributed by atoms with E-state index < -0.39 is 0 Å². The van der Waals surface area contributed by atoms with E-state index in [0.717, 1.165) is 49.7 Å². The van der Waals surface area contributed by atoms with Crippen LogP contribution in [0.25, 0.3) is 0 Å². The molecule has 0 bridgehead atoms. The third-order valence-corrected chi connectivity index (χ3v) is 5.32. The first kappa shape index (κ1) is 19.7. The molecule has 0 aromatic heterocycles. The maximum absolute atomic E-state index is 12.2. The minimum Gasteiger partial charge on any atom is -0.497 e. The van der Waals surface area contributed by atoms with Gasteiger partial charge in [0.15, 0.2) is 0 Å². The monoisotopic (exact) mass is 372 g/mol. The van der Waals surface area contributed by atoms with Gasteiger partial charge >= 0.3 is 0 Å². The summed E-state index contributed by atoms with van der Waals surface area (Å²) >= 11 is 0. The summed E-state index contributed by atoms with van der Waals surface area (Å²) in [5.41, 5.74) is 2.65. The second-order valence-corrected chi connectivity index (χ2v) is 7.60. The lowest BCUT2D eigenvalue weighted by molar-refractivity contribution is -0.121. The maximum atomic E-state index is 12.2. The lowest BCUT2D eigenvalue weighted by Crippen LogP contribution is -2.35. The Morgan fingerprint density at radius 1 is 1.37 bits per heavy atom. The van der Waals surface area contributed by atoms with Crippen LogP contribution in [-0.2, 0) is 11.3 Å². The lowest BCUT2D eigenvalue weighted by atomic mass is 9.97. The van der Waals surface area contributed by atoms with Gasteiger partial charge in [0.2, 0.25) is 5.91 Å². The Labute approximate surface area is 162 Å². The summed E-state index contributed by atoms with van der Waals surface area (Å²) in [5.74, 6) is 1.83. The number of fused-ring (bicyclic) bond motifs is 1. The van der Waals surface area contributed by atoms with Gasteiger partial charge in [0.25, 0.3) is 0 Å². The van der Waals surface area contributed by atoms with E-state index in [-0.39, 0.29) is 12.0 Å². The highest BCUT2D eigenvalue weighted by Crippen LogP contribution is 2.29. The molecular formula is C22H32N2O3. The van der Waals surface area contributed by atoms with Gasteiger partial charge in [-0.15, -0.1) is 0 Å². The number of amides is 1. The van der Waals surface area contributed by atoms with Crippen molar-refractivity contribution in [3.8, 4) is 11.5 Å². The summed E-state index contributed by atoms with van der Waals surface area (Å²) in [6, 6.07) is 5.96. The Morgan fingerprint density at radius 3 is 3.04 bits per heavy atom. The van der Waals surface area contributed by atoms with E-state index in [2.05, 4.69) is 29.3 Å². The van der Waals surface area contributed by atoms with Crippen molar-refractivity contribution in [3.05, 3.63) is 35.4 Å². The summed E-state index contributed by atoms with van der Waals surface area (Å²) in [5, 5.41) is 3.08. The Morgan fingerprint density at radius 2 is 2.26 bits per heavy atom. The first-order chi connectivity index (χ1) is 13.1. The molecule has 1 amide bonds. The topological polar surface area (TPSA) is 50.8 Å². The molecule has 0 saturated heterocycles. The Kier molecular flexibility index (Phi) is 7.16. The third-order valence-electron chi connectivity index (χ3n) is 5.32. The molecule has 1 aliphatic carbocycles. The van der Waals surface area contributed by atoms with Gasteiger partial charge in [-0.05, 0) is 45.1 Å². The molecule has 1 aromatic carbocycles. The summed E-state index contributed by atoms with van der Waals surface area (Å²) in [4.78, 5) is 14.5. The van der Waals surface area contributed by atoms with E-state index in [1.807, 2.05) is 12.1 Å². The molecule has 1 heterocycles. The van der Waals surface area contributed by atoms with Crippen LogP contribution >= 0.6 is 0 Å². The van der Waals surface area contributed by atoms with Crippen LogP contribution < -0.4 is 14.8 Å². The van der Waals surface area contributed by atoms with Crippen molar-refractivity contribution >= 4 is 5.91 Å². The number of carbonyl (C=O) groups is 1. The van der Waals surface area contributed by atoms with E-state index in [0.29, 0.717) is 6.42 Å². The van der Waals surface area contributed by atoms with Gasteiger partial charge in [0.05, 0.1) is 7.11 Å². The van der Waals surface area contributed by atoms with Gasteiger partial charge in [-0.2, -0.15) is 0 Å². The fourth-order valence-corrected chi connectivity index (χ4v) is 3.84. The van der Waals surface area contributed by atoms with Crippen LogP contribution in [0.15, 0.2) is 29.8 Å². The second-order valence-electron chi connectivity index (χ2n) is 7.60. The fourth-order valence-electron chi connectivity index (χ4n) is 3.84. The molecule has 0 fully saturated rings. The van der Waals surface area contributed by atoms with Crippen LogP contribution in [0.4, 0.5) is 0 Å². The number of methoxy groups -OCH3 is 1. The molecule has 1 aromatic rings. The van der Waals surface area contributed by atoms with Crippen molar-refractivity contribution in [3.63, 3.8) is 0 Å². The van der Waals surface area contributed by atoms with Crippen molar-refractivity contribution < 1.29 is 14.3 Å². The number of hydrogen-bond donors (Lipinski definition) is 1. The molecule has 27 heavy (non-hydrogen) atoms. The summed E-state index contributed by atoms with van der Waals surface area (Å²) in [6.45, 7) is 5.18. The van der Waals surface area contributed by atoms with Crippen molar-refractivity contribution in [2.45, 2.75) is 58.1 Å². The number of carbonyl (C=O) groups excluding carboxylic acids is 1. The molecule has 3 rings (SSSR count). The summed E-state index contributed by atoms with van der Waals surface area (Å²) in [6.07, 6.45) is 8.96. The highest BCUT2D eigenvalue weighted by Gasteiger charge is 2.21. The van der Waals surface area contributed by atoms with E-state index in [9.17, 15) is 4.79 Å². The van der Waals surface area contributed by atoms with Gasteiger partial charge in [-0.25, -0.2) is 0 Å². The van der Waals surface area contributed by atoms with Crippen molar-refractivity contribution in [2.75, 3.05) is 26.7 Å². The van der Waals surface area contributed by atoms with Crippen LogP contribution in [0, 0.1) is 0 Å². The molecule has 5 nitrogen and oxygen atoms in total. The molecule has 5 heteroatoms. The maximum Gasteiger partial charge on any atom is 0.221 e. The third kappa shape index (κ3) is 5.99. The van der Waals surface area contributed by atoms with Crippen LogP contribution in [0.2, 0.25) is 0 Å². The minimum atomic E-state index is 0.0830. The zero-order valence-corrected chi connectivity index (χ0v) is 16.6. The van der Waals surface area contributed by atoms with Gasteiger partial charge in [0.1, 0.15) is 17.6 Å². The van der Waals surface area contributed by atoms with Crippen LogP contribution in [-0.4, -0.2) is 43.7 Å². The van der Waals surface area contributed by atoms with E-state index in [4.69, 9.17) is 9.47 Å². The van der Waals surface area contributed by atoms with Gasteiger partial charge < -0.3 is 14.8 Å². The molecular weight excluding hydrogens is 340 g/mol. The molecule has 148 valence electrons. The first-order valence-corrected chi connectivity index (χ1v) is 10.1. The highest BCUT2D eigenvalue weighted by atomic mass is 16.5. The van der Waals surface area contributed by atoms with Crippen molar-refractivity contribution in [1.29, 1.82) is 0 Å². The zero-order chi connectivity index (χ0) is 19.1. The summed E-state index contributed by atoms with van der Waals surface area (Å²) < 4.78 is 11.3. The average Bonchev–Trinajstić information content (AvgIpc) is 2.84. The Bertz CT molecular complexity index is 672. The van der Waals surface area contributed by atoms with E-state index in [1.54, 1.807) is 7.11 Å². The number of rotatable bonds is 7. The molecule has 0 spiro atoms. The average molecular weight is 373 g/mol. The van der Waals surface area contributed by atoms with Gasteiger partial charge in [-0.3, -0.25) is 9.69 Å². The number of benzene rings is 1. The van der Waals surface area contributed by atoms with Crippen molar-refractivity contribution in [1.82, 2.24) is 10.2 Å². The first-order valence-electron chi connectivity index (χ1n) is 10.1. The fraction of sp³-hybridized carbons (Fsp3) is 0.591. The minimum absolute atomic E-state index is 0.0830. The number of hydrogen-bond acceptors (Lipinski definition) is 4. The molecule has 1 atom stereocenters. The molecule has 1 N–H and O–H groups in total. The van der Waals surface area contributed by atoms with Crippen molar-refractivity contribution in [2.24, 2.45) is 0 Å². The highest BCUT2D eigenvalue weighted by molar-refractivity contribution is 5.76. The Hall–Kier alpha value is -2.01. The zero-order valence-electron chi connectivity index (χ0n) is 16.6. The molecule has 0 radical (unpaired) electrons. The number of allylic oxidation sites excluding steroid dienone is 1. The van der Waals surface area contributed by atoms with Crippen LogP contribution in [0.5, 0.6) is 11.5 Å². The molecule has 2 aliphatic rings. The quantitative estimate of drug-likeness (QED) is 0.742.